The highest BCUT2D eigenvalue weighted by Gasteiger charge is 2.50. The summed E-state index contributed by atoms with van der Waals surface area (Å²) in [5.41, 5.74) is 1.22. The van der Waals surface area contributed by atoms with Gasteiger partial charge >= 0.3 is 0 Å². The molecule has 1 aromatic rings. The van der Waals surface area contributed by atoms with Crippen molar-refractivity contribution in [1.29, 1.82) is 0 Å². The first kappa shape index (κ1) is 22.7. The lowest BCUT2D eigenvalue weighted by molar-refractivity contribution is -0.133. The summed E-state index contributed by atoms with van der Waals surface area (Å²) in [6.45, 7) is 0.679. The topological polar surface area (TPSA) is 86.8 Å². The third kappa shape index (κ3) is 5.03. The summed E-state index contributed by atoms with van der Waals surface area (Å²) in [5.74, 6) is -0.375. The molecule has 1 aliphatic heterocycles. The summed E-state index contributed by atoms with van der Waals surface area (Å²) in [4.78, 5) is 28.7. The van der Waals surface area contributed by atoms with Gasteiger partial charge in [-0.05, 0) is 50.8 Å². The molecule has 0 aromatic heterocycles. The maximum atomic E-state index is 12.6. The quantitative estimate of drug-likeness (QED) is 0.700. The van der Waals surface area contributed by atoms with Gasteiger partial charge in [-0.1, -0.05) is 30.3 Å². The molecule has 1 aromatic carbocycles. The molecule has 30 heavy (non-hydrogen) atoms. The van der Waals surface area contributed by atoms with E-state index in [-0.39, 0.29) is 41.6 Å². The SMILES string of the molecule is CN(C)C1(c2ccccc2)CCC2(CC1)CC(=O)N(CC(=O)NCCS(C)(=O)=O)C2. The molecule has 2 fully saturated rings. The largest absolute Gasteiger partial charge is 0.354 e. The van der Waals surface area contributed by atoms with Gasteiger partial charge in [-0.2, -0.15) is 0 Å². The van der Waals surface area contributed by atoms with Crippen LogP contribution in [0.5, 0.6) is 0 Å². The van der Waals surface area contributed by atoms with Crippen LogP contribution in [-0.4, -0.2) is 75.8 Å². The van der Waals surface area contributed by atoms with Crippen molar-refractivity contribution in [3.8, 4) is 0 Å². The van der Waals surface area contributed by atoms with Gasteiger partial charge in [0.15, 0.2) is 0 Å². The van der Waals surface area contributed by atoms with Gasteiger partial charge < -0.3 is 10.2 Å². The van der Waals surface area contributed by atoms with Crippen LogP contribution < -0.4 is 5.32 Å². The van der Waals surface area contributed by atoms with E-state index in [0.717, 1.165) is 31.9 Å². The molecule has 0 atom stereocenters. The Bertz CT molecular complexity index is 875. The van der Waals surface area contributed by atoms with Crippen LogP contribution in [0.15, 0.2) is 30.3 Å². The van der Waals surface area contributed by atoms with Crippen LogP contribution in [0.25, 0.3) is 0 Å². The summed E-state index contributed by atoms with van der Waals surface area (Å²) in [6.07, 6.45) is 5.47. The Morgan fingerprint density at radius 3 is 2.33 bits per heavy atom. The van der Waals surface area contributed by atoms with Crippen LogP contribution in [0.1, 0.15) is 37.7 Å². The molecule has 0 bridgehead atoms. The summed E-state index contributed by atoms with van der Waals surface area (Å²) in [7, 11) is 1.13. The van der Waals surface area contributed by atoms with Crippen molar-refractivity contribution >= 4 is 21.7 Å². The Morgan fingerprint density at radius 1 is 1.13 bits per heavy atom. The lowest BCUT2D eigenvalue weighted by Crippen LogP contribution is -2.47. The van der Waals surface area contributed by atoms with E-state index >= 15 is 0 Å². The minimum Gasteiger partial charge on any atom is -0.354 e. The van der Waals surface area contributed by atoms with E-state index in [1.165, 1.54) is 5.56 Å². The van der Waals surface area contributed by atoms with Crippen molar-refractivity contribution in [1.82, 2.24) is 15.1 Å². The Balaban J connectivity index is 1.60. The van der Waals surface area contributed by atoms with Gasteiger partial charge in [-0.15, -0.1) is 0 Å². The number of nitrogens with zero attached hydrogens (tertiary/aromatic N) is 2. The number of carbonyl (C=O) groups excluding carboxylic acids is 2. The first-order valence-electron chi connectivity index (χ1n) is 10.5. The molecule has 1 saturated heterocycles. The van der Waals surface area contributed by atoms with Crippen molar-refractivity contribution in [2.24, 2.45) is 5.41 Å². The molecule has 3 rings (SSSR count). The molecule has 0 radical (unpaired) electrons. The fraction of sp³-hybridized carbons (Fsp3) is 0.636. The van der Waals surface area contributed by atoms with Crippen molar-refractivity contribution in [3.05, 3.63) is 35.9 Å². The number of hydrogen-bond acceptors (Lipinski definition) is 5. The second-order valence-corrected chi connectivity index (χ2v) is 11.5. The van der Waals surface area contributed by atoms with Crippen molar-refractivity contribution < 1.29 is 18.0 Å². The van der Waals surface area contributed by atoms with E-state index < -0.39 is 9.84 Å². The zero-order valence-corrected chi connectivity index (χ0v) is 19.0. The number of carbonyl (C=O) groups is 2. The highest BCUT2D eigenvalue weighted by molar-refractivity contribution is 7.90. The summed E-state index contributed by atoms with van der Waals surface area (Å²) in [6, 6.07) is 10.6. The number of amides is 2. The van der Waals surface area contributed by atoms with Gasteiger partial charge in [0, 0.05) is 31.3 Å². The van der Waals surface area contributed by atoms with Gasteiger partial charge in [0.25, 0.3) is 0 Å². The number of nitrogens with one attached hydrogen (secondary N) is 1. The average Bonchev–Trinajstić information content (AvgIpc) is 2.97. The van der Waals surface area contributed by atoms with Gasteiger partial charge in [0.2, 0.25) is 11.8 Å². The minimum absolute atomic E-state index is 0.00184. The van der Waals surface area contributed by atoms with Gasteiger partial charge in [-0.3, -0.25) is 14.5 Å². The molecular weight excluding hydrogens is 402 g/mol. The van der Waals surface area contributed by atoms with E-state index in [1.54, 1.807) is 4.90 Å². The molecular formula is C22H33N3O4S. The second kappa shape index (κ2) is 8.67. The van der Waals surface area contributed by atoms with Gasteiger partial charge in [-0.25, -0.2) is 8.42 Å². The zero-order valence-electron chi connectivity index (χ0n) is 18.2. The van der Waals surface area contributed by atoms with Crippen LogP contribution in [0, 0.1) is 5.41 Å². The minimum atomic E-state index is -3.12. The molecule has 166 valence electrons. The van der Waals surface area contributed by atoms with E-state index in [2.05, 4.69) is 48.6 Å². The summed E-state index contributed by atoms with van der Waals surface area (Å²) in [5, 5.41) is 2.61. The molecule has 1 saturated carbocycles. The molecule has 1 heterocycles. The number of likely N-dealkylation sites (tertiary alicyclic amines) is 1. The normalized spacial score (nSPS) is 27.1. The van der Waals surface area contributed by atoms with E-state index in [1.807, 2.05) is 6.07 Å². The first-order valence-corrected chi connectivity index (χ1v) is 12.6. The molecule has 0 unspecified atom stereocenters. The predicted molar refractivity (Wildman–Crippen MR) is 117 cm³/mol. The number of hydrogen-bond donors (Lipinski definition) is 1. The standard InChI is InChI=1S/C22H33N3O4S/c1-24(2)22(18-7-5-4-6-8-18)11-9-21(10-12-22)15-20(27)25(17-21)16-19(26)23-13-14-30(3,28)29/h4-8H,9-17H2,1-3H3,(H,23,26). The smallest absolute Gasteiger partial charge is 0.239 e. The van der Waals surface area contributed by atoms with Gasteiger partial charge in [0.05, 0.1) is 12.3 Å². The predicted octanol–water partition coefficient (Wildman–Crippen LogP) is 1.40. The highest BCUT2D eigenvalue weighted by atomic mass is 32.2. The van der Waals surface area contributed by atoms with Crippen molar-refractivity contribution in [2.75, 3.05) is 45.7 Å². The molecule has 1 spiro atoms. The van der Waals surface area contributed by atoms with Gasteiger partial charge in [0.1, 0.15) is 9.84 Å². The number of benzene rings is 1. The summed E-state index contributed by atoms with van der Waals surface area (Å²) >= 11 is 0. The van der Waals surface area contributed by atoms with Crippen molar-refractivity contribution in [3.63, 3.8) is 0 Å². The molecule has 8 heteroatoms. The van der Waals surface area contributed by atoms with Crippen LogP contribution in [-0.2, 0) is 25.0 Å². The van der Waals surface area contributed by atoms with E-state index in [0.29, 0.717) is 13.0 Å². The monoisotopic (exact) mass is 435 g/mol. The average molecular weight is 436 g/mol. The Kier molecular flexibility index (Phi) is 6.57. The van der Waals surface area contributed by atoms with Crippen LogP contribution in [0.3, 0.4) is 0 Å². The fourth-order valence-corrected chi connectivity index (χ4v) is 5.47. The summed E-state index contributed by atoms with van der Waals surface area (Å²) < 4.78 is 22.4. The van der Waals surface area contributed by atoms with Crippen LogP contribution >= 0.6 is 0 Å². The van der Waals surface area contributed by atoms with Crippen LogP contribution in [0.4, 0.5) is 0 Å². The highest BCUT2D eigenvalue weighted by Crippen LogP contribution is 2.51. The second-order valence-electron chi connectivity index (χ2n) is 9.20. The third-order valence-corrected chi connectivity index (χ3v) is 7.79. The van der Waals surface area contributed by atoms with E-state index in [4.69, 9.17) is 0 Å². The third-order valence-electron chi connectivity index (χ3n) is 6.84. The van der Waals surface area contributed by atoms with E-state index in [9.17, 15) is 18.0 Å². The number of sulfone groups is 1. The number of rotatable bonds is 7. The molecule has 7 nitrogen and oxygen atoms in total. The zero-order chi connectivity index (χ0) is 22.0. The molecule has 1 N–H and O–H groups in total. The maximum Gasteiger partial charge on any atom is 0.239 e. The first-order chi connectivity index (χ1) is 14.1. The Hall–Kier alpha value is -1.93. The molecule has 2 aliphatic rings. The molecule has 1 aliphatic carbocycles. The van der Waals surface area contributed by atoms with Crippen LogP contribution in [0.2, 0.25) is 0 Å². The lowest BCUT2D eigenvalue weighted by atomic mass is 9.64. The maximum absolute atomic E-state index is 12.6. The molecule has 2 amide bonds. The fourth-order valence-electron chi connectivity index (χ4n) is 5.00. The Labute approximate surface area is 179 Å². The Morgan fingerprint density at radius 2 is 1.77 bits per heavy atom. The van der Waals surface area contributed by atoms with Crippen molar-refractivity contribution in [2.45, 2.75) is 37.6 Å². The lowest BCUT2D eigenvalue weighted by Gasteiger charge is -2.48.